The molecule has 2 aromatic rings. The summed E-state index contributed by atoms with van der Waals surface area (Å²) in [5.74, 6) is 0.00660. The number of rotatable bonds is 11. The molecule has 1 aliphatic rings. The largest absolute Gasteiger partial charge is 0.490 e. The first-order chi connectivity index (χ1) is 17.0. The van der Waals surface area contributed by atoms with Crippen LogP contribution in [0.25, 0.3) is 0 Å². The number of phosphoric acid groups is 3. The van der Waals surface area contributed by atoms with Gasteiger partial charge in [0.15, 0.2) is 0 Å². The van der Waals surface area contributed by atoms with Crippen LogP contribution in [-0.4, -0.2) is 58.0 Å². The van der Waals surface area contributed by atoms with Crippen LogP contribution in [0.4, 0.5) is 5.69 Å². The van der Waals surface area contributed by atoms with Crippen LogP contribution in [0.5, 0.6) is 11.6 Å². The quantitative estimate of drug-likeness (QED) is 0.138. The Hall–Kier alpha value is -2.37. The molecule has 0 radical (unpaired) electrons. The summed E-state index contributed by atoms with van der Waals surface area (Å²) in [6, 6.07) is 6.23. The molecule has 37 heavy (non-hydrogen) atoms. The van der Waals surface area contributed by atoms with Crippen molar-refractivity contribution in [3.63, 3.8) is 0 Å². The van der Waals surface area contributed by atoms with Gasteiger partial charge in [0.1, 0.15) is 18.1 Å². The molecule has 5 N–H and O–H groups in total. The van der Waals surface area contributed by atoms with E-state index in [1.54, 1.807) is 0 Å². The molecule has 0 aliphatic carbocycles. The number of hydrogen-bond acceptors (Lipinski definition) is 13. The highest BCUT2D eigenvalue weighted by Gasteiger charge is 2.43. The molecule has 2 heterocycles. The predicted octanol–water partition coefficient (Wildman–Crippen LogP) is 0.935. The Bertz CT molecular complexity index is 1340. The molecule has 2 unspecified atom stereocenters. The second kappa shape index (κ2) is 11.2. The predicted molar refractivity (Wildman–Crippen MR) is 116 cm³/mol. The molecule has 22 heteroatoms. The molecule has 19 nitrogen and oxygen atoms in total. The van der Waals surface area contributed by atoms with Crippen LogP contribution in [0.1, 0.15) is 12.6 Å². The zero-order valence-electron chi connectivity index (χ0n) is 18.0. The molecule has 1 aromatic carbocycles. The van der Waals surface area contributed by atoms with Gasteiger partial charge < -0.3 is 34.2 Å². The Balaban J connectivity index is 1.60. The van der Waals surface area contributed by atoms with Crippen LogP contribution in [0, 0.1) is 10.1 Å². The molecule has 1 saturated heterocycles. The van der Waals surface area contributed by atoms with Crippen LogP contribution in [0.2, 0.25) is 0 Å². The van der Waals surface area contributed by atoms with Crippen molar-refractivity contribution in [2.24, 2.45) is 0 Å². The first-order valence-corrected chi connectivity index (χ1v) is 14.2. The van der Waals surface area contributed by atoms with Crippen LogP contribution >= 0.6 is 23.5 Å². The lowest BCUT2D eigenvalue weighted by molar-refractivity contribution is -0.384. The molecular weight excluding hydrogens is 571 g/mol. The van der Waals surface area contributed by atoms with E-state index in [9.17, 15) is 38.6 Å². The molecule has 1 aliphatic heterocycles. The van der Waals surface area contributed by atoms with E-state index in [4.69, 9.17) is 24.2 Å². The molecule has 204 valence electrons. The minimum absolute atomic E-state index is 0.155. The summed E-state index contributed by atoms with van der Waals surface area (Å²) in [7, 11) is -16.7. The van der Waals surface area contributed by atoms with E-state index in [0.29, 0.717) is 0 Å². The van der Waals surface area contributed by atoms with Gasteiger partial charge in [-0.15, -0.1) is 0 Å². The number of nitro benzene ring substituents is 1. The number of nitro groups is 1. The Morgan fingerprint density at radius 1 is 1.08 bits per heavy atom. The van der Waals surface area contributed by atoms with E-state index >= 15 is 0 Å². The first-order valence-electron chi connectivity index (χ1n) is 9.67. The fourth-order valence-electron chi connectivity index (χ4n) is 2.94. The number of nitrogens with zero attached hydrogens (tertiary/aromatic N) is 3. The van der Waals surface area contributed by atoms with Gasteiger partial charge >= 0.3 is 29.2 Å². The lowest BCUT2D eigenvalue weighted by Gasteiger charge is -2.19. The minimum Gasteiger partial charge on any atom is -0.439 e. The summed E-state index contributed by atoms with van der Waals surface area (Å²) in [5, 5.41) is 20.8. The summed E-state index contributed by atoms with van der Waals surface area (Å²) in [6.07, 6.45) is -2.84. The van der Waals surface area contributed by atoms with Crippen molar-refractivity contribution in [3.8, 4) is 11.6 Å². The van der Waals surface area contributed by atoms with Gasteiger partial charge in [0, 0.05) is 30.8 Å². The van der Waals surface area contributed by atoms with E-state index in [2.05, 4.69) is 18.1 Å². The second-order valence-electron chi connectivity index (χ2n) is 7.13. The van der Waals surface area contributed by atoms with Gasteiger partial charge in [0.05, 0.1) is 17.6 Å². The Kier molecular flexibility index (Phi) is 8.81. The third-order valence-corrected chi connectivity index (χ3v) is 8.21. The maximum atomic E-state index is 12.4. The normalized spacial score (nSPS) is 23.2. The number of aromatic nitrogens is 2. The van der Waals surface area contributed by atoms with Crippen molar-refractivity contribution in [2.45, 2.75) is 24.9 Å². The van der Waals surface area contributed by atoms with Crippen molar-refractivity contribution in [1.29, 1.82) is 0 Å². The van der Waals surface area contributed by atoms with E-state index in [0.717, 1.165) is 4.57 Å². The summed E-state index contributed by atoms with van der Waals surface area (Å²) >= 11 is 0. The van der Waals surface area contributed by atoms with E-state index in [-0.39, 0.29) is 23.7 Å². The molecule has 1 aromatic heterocycles. The van der Waals surface area contributed by atoms with Gasteiger partial charge in [0.25, 0.3) is 5.69 Å². The van der Waals surface area contributed by atoms with Gasteiger partial charge in [-0.2, -0.15) is 13.6 Å². The smallest absolute Gasteiger partial charge is 0.439 e. The minimum atomic E-state index is -5.72. The number of phosphoric ester groups is 1. The van der Waals surface area contributed by atoms with Crippen molar-refractivity contribution >= 4 is 29.2 Å². The standard InChI is InChI=1S/C15H18N3O16P3/c19-11-7-14(32-12(11)8-30-36(26,27)34-37(28,29)33-35(23,24)25)17-6-5-13(16-15(17)20)31-10-3-1-9(2-4-10)18(21)22/h1-6,11-12,14,19H,7-8H2,(H,26,27)(H,28,29)(H2,23,24,25)/t11-,12+,14+/m0/s1. The maximum Gasteiger partial charge on any atom is 0.490 e. The van der Waals surface area contributed by atoms with Crippen LogP contribution in [0.3, 0.4) is 0 Å². The topological polar surface area (TPSA) is 277 Å². The Morgan fingerprint density at radius 3 is 2.30 bits per heavy atom. The number of ether oxygens (including phenoxy) is 2. The van der Waals surface area contributed by atoms with Crippen LogP contribution in [-0.2, 0) is 31.6 Å². The number of aliphatic hydroxyl groups is 1. The zero-order chi connectivity index (χ0) is 27.6. The summed E-state index contributed by atoms with van der Waals surface area (Å²) in [4.78, 5) is 61.9. The van der Waals surface area contributed by atoms with Crippen LogP contribution < -0.4 is 10.4 Å². The van der Waals surface area contributed by atoms with Gasteiger partial charge in [-0.05, 0) is 12.1 Å². The average Bonchev–Trinajstić information content (AvgIpc) is 3.10. The number of hydrogen-bond donors (Lipinski definition) is 5. The third-order valence-electron chi connectivity index (χ3n) is 4.41. The van der Waals surface area contributed by atoms with Crippen molar-refractivity contribution in [1.82, 2.24) is 9.55 Å². The first kappa shape index (κ1) is 29.2. The Morgan fingerprint density at radius 2 is 1.73 bits per heavy atom. The fourth-order valence-corrected chi connectivity index (χ4v) is 5.97. The molecule has 0 spiro atoms. The van der Waals surface area contributed by atoms with Crippen molar-refractivity contribution in [2.75, 3.05) is 6.61 Å². The monoisotopic (exact) mass is 589 g/mol. The number of non-ortho nitro benzene ring substituents is 1. The van der Waals surface area contributed by atoms with Crippen molar-refractivity contribution in [3.05, 3.63) is 57.1 Å². The van der Waals surface area contributed by atoms with Gasteiger partial charge in [-0.25, -0.2) is 18.5 Å². The summed E-state index contributed by atoms with van der Waals surface area (Å²) < 4.78 is 57.1. The summed E-state index contributed by atoms with van der Waals surface area (Å²) in [6.45, 7) is -0.912. The fraction of sp³-hybridized carbons (Fsp3) is 0.333. The van der Waals surface area contributed by atoms with E-state index in [1.807, 2.05) is 0 Å². The van der Waals surface area contributed by atoms with Gasteiger partial charge in [-0.1, -0.05) is 0 Å². The molecule has 3 rings (SSSR count). The molecule has 1 fully saturated rings. The van der Waals surface area contributed by atoms with E-state index < -0.39 is 59.1 Å². The molecular formula is C15H18N3O16P3. The number of aliphatic hydroxyl groups excluding tert-OH is 1. The third kappa shape index (κ3) is 8.58. The zero-order valence-corrected chi connectivity index (χ0v) is 20.7. The second-order valence-corrected chi connectivity index (χ2v) is 11.5. The lowest BCUT2D eigenvalue weighted by atomic mass is 10.2. The molecule has 5 atom stereocenters. The van der Waals surface area contributed by atoms with E-state index in [1.165, 1.54) is 36.5 Å². The SMILES string of the molecule is O=c1nc(Oc2ccc([N+](=O)[O-])cc2)ccn1[C@H]1C[C@H](O)[C@@H](COP(=O)(O)OP(=O)(O)OP(=O)(O)O)O1. The molecule has 0 saturated carbocycles. The highest BCUT2D eigenvalue weighted by molar-refractivity contribution is 7.66. The number of benzene rings is 1. The van der Waals surface area contributed by atoms with Crippen LogP contribution in [0.15, 0.2) is 41.3 Å². The lowest BCUT2D eigenvalue weighted by Crippen LogP contribution is -2.28. The van der Waals surface area contributed by atoms with Gasteiger partial charge in [0.2, 0.25) is 5.88 Å². The highest BCUT2D eigenvalue weighted by Crippen LogP contribution is 2.66. The maximum absolute atomic E-state index is 12.4. The molecule has 0 amide bonds. The van der Waals surface area contributed by atoms with Gasteiger partial charge in [-0.3, -0.25) is 19.2 Å². The average molecular weight is 589 g/mol. The molecule has 0 bridgehead atoms. The summed E-state index contributed by atoms with van der Waals surface area (Å²) in [5.41, 5.74) is -1.06. The Labute approximate surface area is 205 Å². The highest BCUT2D eigenvalue weighted by atomic mass is 31.3. The van der Waals surface area contributed by atoms with Crippen molar-refractivity contribution < 1.29 is 65.9 Å².